The molecule has 0 amide bonds. The third kappa shape index (κ3) is 5.38. The van der Waals surface area contributed by atoms with E-state index in [1.165, 1.54) is 6.07 Å². The summed E-state index contributed by atoms with van der Waals surface area (Å²) in [5.74, 6) is -1.58. The maximum Gasteiger partial charge on any atom is 0.306 e. The number of benzene rings is 2. The Morgan fingerprint density at radius 2 is 1.82 bits per heavy atom. The largest absolute Gasteiger partial charge is 0.460 e. The molecule has 2 aromatic carbocycles. The Labute approximate surface area is 165 Å². The molecule has 1 aliphatic heterocycles. The molecule has 0 bridgehead atoms. The molecule has 3 nitrogen and oxygen atoms in total. The van der Waals surface area contributed by atoms with Gasteiger partial charge in [-0.2, -0.15) is 0 Å². The van der Waals surface area contributed by atoms with Crippen molar-refractivity contribution in [3.05, 3.63) is 71.3 Å². The topological polar surface area (TPSA) is 29.5 Å². The van der Waals surface area contributed by atoms with Gasteiger partial charge in [-0.3, -0.25) is 9.69 Å². The van der Waals surface area contributed by atoms with Gasteiger partial charge < -0.3 is 4.74 Å². The molecule has 0 saturated carbocycles. The summed E-state index contributed by atoms with van der Waals surface area (Å²) in [7, 11) is 0. The molecule has 0 aliphatic carbocycles. The van der Waals surface area contributed by atoms with Crippen LogP contribution in [-0.4, -0.2) is 29.6 Å². The van der Waals surface area contributed by atoms with Crippen LogP contribution in [0.2, 0.25) is 0 Å². The molecule has 0 N–H and O–H groups in total. The highest BCUT2D eigenvalue weighted by Crippen LogP contribution is 2.37. The molecule has 150 valence electrons. The summed E-state index contributed by atoms with van der Waals surface area (Å²) in [6.45, 7) is 7.39. The van der Waals surface area contributed by atoms with Crippen LogP contribution in [0, 0.1) is 17.6 Å². The summed E-state index contributed by atoms with van der Waals surface area (Å²) < 4.78 is 33.7. The van der Waals surface area contributed by atoms with E-state index < -0.39 is 17.2 Å². The van der Waals surface area contributed by atoms with Crippen molar-refractivity contribution < 1.29 is 18.3 Å². The molecule has 1 saturated heterocycles. The number of likely N-dealkylation sites (tertiary alicyclic amines) is 1. The summed E-state index contributed by atoms with van der Waals surface area (Å²) in [6.07, 6.45) is 0.184. The molecule has 0 aromatic heterocycles. The molecular formula is C23H27F2NO2. The summed E-state index contributed by atoms with van der Waals surface area (Å²) >= 11 is 0. The van der Waals surface area contributed by atoms with E-state index in [0.29, 0.717) is 25.2 Å². The van der Waals surface area contributed by atoms with Crippen LogP contribution >= 0.6 is 0 Å². The predicted octanol–water partition coefficient (Wildman–Crippen LogP) is 4.91. The van der Waals surface area contributed by atoms with E-state index in [2.05, 4.69) is 4.90 Å². The number of carbonyl (C=O) groups excluding carboxylic acids is 1. The first-order valence-electron chi connectivity index (χ1n) is 9.64. The SMILES string of the molecule is CC(C)(C)OC(=O)C[C@H]1CN(Cc2ccccc2)C[C@@H]1c1cc(F)ccc1F. The number of halogens is 2. The maximum absolute atomic E-state index is 14.5. The van der Waals surface area contributed by atoms with Gasteiger partial charge in [-0.15, -0.1) is 0 Å². The van der Waals surface area contributed by atoms with Crippen molar-refractivity contribution in [2.45, 2.75) is 45.3 Å². The van der Waals surface area contributed by atoms with E-state index in [1.807, 2.05) is 51.1 Å². The second-order valence-electron chi connectivity index (χ2n) is 8.50. The molecule has 1 heterocycles. The first-order valence-corrected chi connectivity index (χ1v) is 9.64. The van der Waals surface area contributed by atoms with Crippen molar-refractivity contribution in [3.63, 3.8) is 0 Å². The van der Waals surface area contributed by atoms with E-state index in [9.17, 15) is 13.6 Å². The average Bonchev–Trinajstić information content (AvgIpc) is 2.98. The van der Waals surface area contributed by atoms with Crippen LogP contribution in [0.5, 0.6) is 0 Å². The highest BCUT2D eigenvalue weighted by Gasteiger charge is 2.37. The number of hydrogen-bond acceptors (Lipinski definition) is 3. The van der Waals surface area contributed by atoms with E-state index >= 15 is 0 Å². The third-order valence-corrected chi connectivity index (χ3v) is 4.97. The van der Waals surface area contributed by atoms with Crippen molar-refractivity contribution >= 4 is 5.97 Å². The fourth-order valence-corrected chi connectivity index (χ4v) is 3.89. The third-order valence-electron chi connectivity index (χ3n) is 4.97. The van der Waals surface area contributed by atoms with Gasteiger partial charge in [-0.25, -0.2) is 8.78 Å². The van der Waals surface area contributed by atoms with Gasteiger partial charge in [-0.05, 0) is 56.0 Å². The van der Waals surface area contributed by atoms with Crippen LogP contribution < -0.4 is 0 Å². The molecule has 1 fully saturated rings. The number of esters is 1. The number of hydrogen-bond donors (Lipinski definition) is 0. The predicted molar refractivity (Wildman–Crippen MR) is 105 cm³/mol. The normalized spacial score (nSPS) is 20.3. The average molecular weight is 387 g/mol. The molecule has 0 radical (unpaired) electrons. The lowest BCUT2D eigenvalue weighted by Gasteiger charge is -2.23. The zero-order valence-corrected chi connectivity index (χ0v) is 16.6. The van der Waals surface area contributed by atoms with Crippen molar-refractivity contribution in [2.24, 2.45) is 5.92 Å². The van der Waals surface area contributed by atoms with Gasteiger partial charge in [0.15, 0.2) is 0 Å². The zero-order valence-electron chi connectivity index (χ0n) is 16.6. The van der Waals surface area contributed by atoms with Crippen LogP contribution in [0.1, 0.15) is 44.2 Å². The highest BCUT2D eigenvalue weighted by atomic mass is 19.1. The van der Waals surface area contributed by atoms with Crippen LogP contribution in [-0.2, 0) is 16.1 Å². The number of carbonyl (C=O) groups is 1. The summed E-state index contributed by atoms with van der Waals surface area (Å²) in [5.41, 5.74) is 0.918. The Balaban J connectivity index is 1.80. The Hall–Kier alpha value is -2.27. The quantitative estimate of drug-likeness (QED) is 0.683. The minimum absolute atomic E-state index is 0.130. The summed E-state index contributed by atoms with van der Waals surface area (Å²) in [6, 6.07) is 13.5. The van der Waals surface area contributed by atoms with Crippen LogP contribution in [0.15, 0.2) is 48.5 Å². The Morgan fingerprint density at radius 3 is 2.50 bits per heavy atom. The fraction of sp³-hybridized carbons (Fsp3) is 0.435. The van der Waals surface area contributed by atoms with Crippen LogP contribution in [0.3, 0.4) is 0 Å². The standard InChI is InChI=1S/C23H27F2NO2/c1-23(2,3)28-22(27)11-17-14-26(13-16-7-5-4-6-8-16)15-20(17)19-12-18(24)9-10-21(19)25/h4-10,12,17,20H,11,13-15H2,1-3H3/t17-,20-/m0/s1. The maximum atomic E-state index is 14.5. The van der Waals surface area contributed by atoms with Crippen LogP contribution in [0.4, 0.5) is 8.78 Å². The molecule has 5 heteroatoms. The highest BCUT2D eigenvalue weighted by molar-refractivity contribution is 5.70. The number of nitrogens with zero attached hydrogens (tertiary/aromatic N) is 1. The van der Waals surface area contributed by atoms with Gasteiger partial charge in [0.25, 0.3) is 0 Å². The van der Waals surface area contributed by atoms with Gasteiger partial charge in [-0.1, -0.05) is 30.3 Å². The molecule has 2 atom stereocenters. The molecule has 0 unspecified atom stereocenters. The second-order valence-corrected chi connectivity index (χ2v) is 8.50. The molecule has 1 aliphatic rings. The summed E-state index contributed by atoms with van der Waals surface area (Å²) in [4.78, 5) is 14.6. The smallest absolute Gasteiger partial charge is 0.306 e. The van der Waals surface area contributed by atoms with Crippen LogP contribution in [0.25, 0.3) is 0 Å². The first kappa shape index (κ1) is 20.5. The van der Waals surface area contributed by atoms with Crippen molar-refractivity contribution in [2.75, 3.05) is 13.1 Å². The van der Waals surface area contributed by atoms with Gasteiger partial charge >= 0.3 is 5.97 Å². The molecule has 0 spiro atoms. The van der Waals surface area contributed by atoms with E-state index in [-0.39, 0.29) is 24.2 Å². The number of rotatable bonds is 5. The lowest BCUT2D eigenvalue weighted by Crippen LogP contribution is -2.27. The molecule has 28 heavy (non-hydrogen) atoms. The second kappa shape index (κ2) is 8.39. The zero-order chi connectivity index (χ0) is 20.3. The van der Waals surface area contributed by atoms with E-state index in [1.54, 1.807) is 0 Å². The minimum atomic E-state index is -0.570. The Morgan fingerprint density at radius 1 is 1.11 bits per heavy atom. The minimum Gasteiger partial charge on any atom is -0.460 e. The van der Waals surface area contributed by atoms with E-state index in [4.69, 9.17) is 4.74 Å². The summed E-state index contributed by atoms with van der Waals surface area (Å²) in [5, 5.41) is 0. The van der Waals surface area contributed by atoms with Crippen molar-refractivity contribution in [1.82, 2.24) is 4.90 Å². The van der Waals surface area contributed by atoms with Gasteiger partial charge in [0.2, 0.25) is 0 Å². The monoisotopic (exact) mass is 387 g/mol. The lowest BCUT2D eigenvalue weighted by atomic mass is 9.86. The van der Waals surface area contributed by atoms with Gasteiger partial charge in [0, 0.05) is 25.6 Å². The van der Waals surface area contributed by atoms with Crippen molar-refractivity contribution in [3.8, 4) is 0 Å². The Kier molecular flexibility index (Phi) is 6.14. The van der Waals surface area contributed by atoms with E-state index in [0.717, 1.165) is 17.7 Å². The van der Waals surface area contributed by atoms with Gasteiger partial charge in [0.05, 0.1) is 6.42 Å². The fourth-order valence-electron chi connectivity index (χ4n) is 3.89. The van der Waals surface area contributed by atoms with Gasteiger partial charge in [0.1, 0.15) is 17.2 Å². The first-order chi connectivity index (χ1) is 13.2. The molecule has 3 rings (SSSR count). The lowest BCUT2D eigenvalue weighted by molar-refractivity contribution is -0.156. The Bertz CT molecular complexity index is 817. The number of ether oxygens (including phenoxy) is 1. The molecular weight excluding hydrogens is 360 g/mol. The molecule has 2 aromatic rings. The van der Waals surface area contributed by atoms with Crippen molar-refractivity contribution in [1.29, 1.82) is 0 Å².